The van der Waals surface area contributed by atoms with E-state index in [0.717, 1.165) is 39.8 Å². The summed E-state index contributed by atoms with van der Waals surface area (Å²) >= 11 is 3.44. The van der Waals surface area contributed by atoms with Gasteiger partial charge in [0.05, 0.1) is 11.8 Å². The number of nitrogens with one attached hydrogen (secondary N) is 1. The number of likely N-dealkylation sites (tertiary alicyclic amines) is 1. The van der Waals surface area contributed by atoms with E-state index in [0.29, 0.717) is 5.69 Å². The molecule has 30 heavy (non-hydrogen) atoms. The van der Waals surface area contributed by atoms with Crippen molar-refractivity contribution >= 4 is 45.3 Å². The first-order valence-electron chi connectivity index (χ1n) is 10.3. The van der Waals surface area contributed by atoms with Crippen LogP contribution in [0, 0.1) is 37.5 Å². The molecule has 1 aliphatic heterocycles. The second-order valence-electron chi connectivity index (χ2n) is 8.68. The van der Waals surface area contributed by atoms with Crippen molar-refractivity contribution in [1.29, 1.82) is 0 Å². The van der Waals surface area contributed by atoms with Crippen molar-refractivity contribution < 1.29 is 23.9 Å². The Balaban J connectivity index is 1.35. The number of imide groups is 1. The van der Waals surface area contributed by atoms with E-state index in [1.807, 2.05) is 26.0 Å². The number of hydrogen-bond acceptors (Lipinski definition) is 5. The van der Waals surface area contributed by atoms with Crippen LogP contribution in [0.2, 0.25) is 0 Å². The predicted octanol–water partition coefficient (Wildman–Crippen LogP) is 2.97. The lowest BCUT2D eigenvalue weighted by molar-refractivity contribution is -0.159. The molecule has 1 aromatic carbocycles. The Kier molecular flexibility index (Phi) is 5.46. The molecule has 2 aliphatic carbocycles. The minimum atomic E-state index is -1.03. The smallest absolute Gasteiger partial charge is 0.329 e. The standard InChI is InChI=1S/C22H25BrN2O5/c1-10-7-16(11(2)6-15(10)23)24-17(26)9-30-22(29)12(3)25-20(27)18-13-4-5-14(8-13)19(18)21(25)28/h6-7,12-14,18-19H,4-5,8-9H2,1-3H3,(H,24,26)/t12-,13+,14+,18-,19+/m1/s1. The van der Waals surface area contributed by atoms with Gasteiger partial charge >= 0.3 is 5.97 Å². The van der Waals surface area contributed by atoms with Gasteiger partial charge in [0.25, 0.3) is 5.91 Å². The molecule has 8 heteroatoms. The number of ether oxygens (including phenoxy) is 1. The zero-order chi connectivity index (χ0) is 21.7. The number of fused-ring (bicyclic) bond motifs is 5. The van der Waals surface area contributed by atoms with Crippen LogP contribution in [-0.2, 0) is 23.9 Å². The van der Waals surface area contributed by atoms with Crippen molar-refractivity contribution in [3.05, 3.63) is 27.7 Å². The summed E-state index contributed by atoms with van der Waals surface area (Å²) in [5.74, 6) is -1.78. The van der Waals surface area contributed by atoms with Gasteiger partial charge in [0, 0.05) is 10.2 Å². The number of hydrogen-bond donors (Lipinski definition) is 1. The van der Waals surface area contributed by atoms with Gasteiger partial charge < -0.3 is 10.1 Å². The molecule has 0 unspecified atom stereocenters. The maximum atomic E-state index is 12.8. The maximum absolute atomic E-state index is 12.8. The fourth-order valence-electron chi connectivity index (χ4n) is 5.28. The molecule has 4 rings (SSSR count). The highest BCUT2D eigenvalue weighted by Crippen LogP contribution is 2.56. The molecule has 1 saturated heterocycles. The van der Waals surface area contributed by atoms with Crippen LogP contribution in [0.1, 0.15) is 37.3 Å². The molecule has 160 valence electrons. The topological polar surface area (TPSA) is 92.8 Å². The van der Waals surface area contributed by atoms with Crippen molar-refractivity contribution in [2.75, 3.05) is 11.9 Å². The predicted molar refractivity (Wildman–Crippen MR) is 112 cm³/mol. The Morgan fingerprint density at radius 1 is 1.13 bits per heavy atom. The lowest BCUT2D eigenvalue weighted by atomic mass is 9.81. The summed E-state index contributed by atoms with van der Waals surface area (Å²) in [5.41, 5.74) is 2.47. The van der Waals surface area contributed by atoms with Crippen molar-refractivity contribution in [1.82, 2.24) is 4.90 Å². The molecule has 0 radical (unpaired) electrons. The second kappa shape index (κ2) is 7.80. The summed E-state index contributed by atoms with van der Waals surface area (Å²) in [6.07, 6.45) is 2.90. The fraction of sp³-hybridized carbons (Fsp3) is 0.545. The molecule has 3 fully saturated rings. The molecular weight excluding hydrogens is 452 g/mol. The van der Waals surface area contributed by atoms with Gasteiger partial charge in [0.1, 0.15) is 6.04 Å². The Hall–Kier alpha value is -2.22. The first-order chi connectivity index (χ1) is 14.2. The zero-order valence-electron chi connectivity index (χ0n) is 17.2. The van der Waals surface area contributed by atoms with Crippen molar-refractivity contribution in [2.24, 2.45) is 23.7 Å². The number of anilines is 1. The van der Waals surface area contributed by atoms with E-state index < -0.39 is 24.5 Å². The third-order valence-electron chi connectivity index (χ3n) is 6.82. The van der Waals surface area contributed by atoms with Gasteiger partial charge in [-0.15, -0.1) is 0 Å². The van der Waals surface area contributed by atoms with Gasteiger partial charge in [-0.05, 0) is 75.1 Å². The number of amides is 3. The number of nitrogens with zero attached hydrogens (tertiary/aromatic N) is 1. The van der Waals surface area contributed by atoms with Gasteiger partial charge in [-0.3, -0.25) is 19.3 Å². The van der Waals surface area contributed by atoms with Gasteiger partial charge in [0.2, 0.25) is 11.8 Å². The van der Waals surface area contributed by atoms with Gasteiger partial charge in [-0.1, -0.05) is 15.9 Å². The number of aryl methyl sites for hydroxylation is 2. The summed E-state index contributed by atoms with van der Waals surface area (Å²) in [5, 5.41) is 2.73. The van der Waals surface area contributed by atoms with Crippen molar-refractivity contribution in [3.8, 4) is 0 Å². The van der Waals surface area contributed by atoms with Crippen LogP contribution in [0.3, 0.4) is 0 Å². The minimum absolute atomic E-state index is 0.257. The summed E-state index contributed by atoms with van der Waals surface area (Å²) in [7, 11) is 0. The fourth-order valence-corrected chi connectivity index (χ4v) is 5.74. The van der Waals surface area contributed by atoms with Gasteiger partial charge in [-0.2, -0.15) is 0 Å². The molecule has 3 amide bonds. The number of halogens is 1. The maximum Gasteiger partial charge on any atom is 0.329 e. The Morgan fingerprint density at radius 3 is 2.33 bits per heavy atom. The molecule has 1 N–H and O–H groups in total. The summed E-state index contributed by atoms with van der Waals surface area (Å²) < 4.78 is 6.07. The molecule has 2 bridgehead atoms. The quantitative estimate of drug-likeness (QED) is 0.520. The molecule has 5 atom stereocenters. The Bertz CT molecular complexity index is 918. The number of carbonyl (C=O) groups is 4. The number of carbonyl (C=O) groups excluding carboxylic acids is 4. The van der Waals surface area contributed by atoms with E-state index in [9.17, 15) is 19.2 Å². The second-order valence-corrected chi connectivity index (χ2v) is 9.53. The molecule has 3 aliphatic rings. The van der Waals surface area contributed by atoms with Crippen molar-refractivity contribution in [3.63, 3.8) is 0 Å². The number of esters is 1. The van der Waals surface area contributed by atoms with E-state index >= 15 is 0 Å². The van der Waals surface area contributed by atoms with Crippen LogP contribution >= 0.6 is 15.9 Å². The monoisotopic (exact) mass is 476 g/mol. The Labute approximate surface area is 183 Å². The lowest BCUT2D eigenvalue weighted by Gasteiger charge is -2.23. The zero-order valence-corrected chi connectivity index (χ0v) is 18.8. The summed E-state index contributed by atoms with van der Waals surface area (Å²) in [4.78, 5) is 51.5. The summed E-state index contributed by atoms with van der Waals surface area (Å²) in [6.45, 7) is 4.78. The normalized spacial score (nSPS) is 27.9. The van der Waals surface area contributed by atoms with E-state index in [-0.39, 0.29) is 35.5 Å². The third kappa shape index (κ3) is 3.45. The molecule has 7 nitrogen and oxygen atoms in total. The molecule has 0 spiro atoms. The van der Waals surface area contributed by atoms with E-state index in [1.165, 1.54) is 6.92 Å². The highest BCUT2D eigenvalue weighted by atomic mass is 79.9. The van der Waals surface area contributed by atoms with Gasteiger partial charge in [-0.25, -0.2) is 4.79 Å². The highest BCUT2D eigenvalue weighted by Gasteiger charge is 2.62. The average Bonchev–Trinajstić information content (AvgIpc) is 3.37. The molecule has 2 saturated carbocycles. The van der Waals surface area contributed by atoms with Crippen LogP contribution in [0.5, 0.6) is 0 Å². The highest BCUT2D eigenvalue weighted by molar-refractivity contribution is 9.10. The van der Waals surface area contributed by atoms with Crippen molar-refractivity contribution in [2.45, 2.75) is 46.1 Å². The van der Waals surface area contributed by atoms with E-state index in [1.54, 1.807) is 0 Å². The third-order valence-corrected chi connectivity index (χ3v) is 7.67. The summed E-state index contributed by atoms with van der Waals surface area (Å²) in [6, 6.07) is 2.70. The van der Waals surface area contributed by atoms with E-state index in [2.05, 4.69) is 21.2 Å². The molecule has 0 aromatic heterocycles. The van der Waals surface area contributed by atoms with Crippen LogP contribution < -0.4 is 5.32 Å². The first kappa shape index (κ1) is 21.0. The Morgan fingerprint density at radius 2 is 1.73 bits per heavy atom. The average molecular weight is 477 g/mol. The molecular formula is C22H25BrN2O5. The largest absolute Gasteiger partial charge is 0.454 e. The van der Waals surface area contributed by atoms with E-state index in [4.69, 9.17) is 4.74 Å². The SMILES string of the molecule is Cc1cc(NC(=O)COC(=O)[C@@H](C)N2C(=O)[C@@H]3[C@H]4CC[C@@H](C4)[C@@H]3C2=O)c(C)cc1Br. The number of benzene rings is 1. The number of rotatable bonds is 5. The molecule has 1 aromatic rings. The van der Waals surface area contributed by atoms with Crippen LogP contribution in [-0.4, -0.2) is 41.2 Å². The van der Waals surface area contributed by atoms with Crippen LogP contribution in [0.4, 0.5) is 5.69 Å². The minimum Gasteiger partial charge on any atom is -0.454 e. The van der Waals surface area contributed by atoms with Crippen LogP contribution in [0.15, 0.2) is 16.6 Å². The first-order valence-corrected chi connectivity index (χ1v) is 11.1. The van der Waals surface area contributed by atoms with Crippen LogP contribution in [0.25, 0.3) is 0 Å². The lowest BCUT2D eigenvalue weighted by Crippen LogP contribution is -2.45. The van der Waals surface area contributed by atoms with Gasteiger partial charge in [0.15, 0.2) is 6.61 Å². The molecule has 1 heterocycles.